The predicted molar refractivity (Wildman–Crippen MR) is 128 cm³/mol. The Labute approximate surface area is 198 Å². The van der Waals surface area contributed by atoms with Crippen LogP contribution in [0.1, 0.15) is 73.6 Å². The highest BCUT2D eigenvalue weighted by molar-refractivity contribution is 5.94. The number of hydrogen-bond acceptors (Lipinski definition) is 6. The molecule has 0 spiro atoms. The van der Waals surface area contributed by atoms with E-state index in [1.54, 1.807) is 20.8 Å². The molecule has 5 unspecified atom stereocenters. The SMILES string of the molecule is CCC(C)C(NC(=O)C(CC(C)C)NC(=O)C(NC(=O)C(N)CCCCN)C(C)C)C(=O)O. The van der Waals surface area contributed by atoms with Crippen molar-refractivity contribution in [3.05, 3.63) is 0 Å². The normalized spacial score (nSPS) is 15.9. The number of carbonyl (C=O) groups is 4. The van der Waals surface area contributed by atoms with Gasteiger partial charge in [-0.15, -0.1) is 0 Å². The van der Waals surface area contributed by atoms with Crippen molar-refractivity contribution in [1.29, 1.82) is 0 Å². The van der Waals surface area contributed by atoms with Gasteiger partial charge in [0.1, 0.15) is 18.1 Å². The van der Waals surface area contributed by atoms with Crippen LogP contribution in [-0.2, 0) is 19.2 Å². The van der Waals surface area contributed by atoms with Crippen molar-refractivity contribution in [1.82, 2.24) is 16.0 Å². The molecule has 0 aliphatic carbocycles. The minimum absolute atomic E-state index is 0.0657. The maximum atomic E-state index is 13.0. The first-order valence-corrected chi connectivity index (χ1v) is 11.9. The lowest BCUT2D eigenvalue weighted by atomic mass is 9.97. The molecule has 0 rings (SSSR count). The number of nitrogens with one attached hydrogen (secondary N) is 3. The van der Waals surface area contributed by atoms with E-state index in [9.17, 15) is 24.3 Å². The zero-order valence-electron chi connectivity index (χ0n) is 21.0. The molecule has 0 heterocycles. The van der Waals surface area contributed by atoms with Gasteiger partial charge in [-0.3, -0.25) is 14.4 Å². The summed E-state index contributed by atoms with van der Waals surface area (Å²) in [5.41, 5.74) is 11.4. The van der Waals surface area contributed by atoms with E-state index >= 15 is 0 Å². The van der Waals surface area contributed by atoms with E-state index in [0.29, 0.717) is 32.2 Å². The van der Waals surface area contributed by atoms with Crippen LogP contribution in [0.3, 0.4) is 0 Å². The van der Waals surface area contributed by atoms with Crippen molar-refractivity contribution in [2.24, 2.45) is 29.2 Å². The van der Waals surface area contributed by atoms with E-state index in [4.69, 9.17) is 11.5 Å². The van der Waals surface area contributed by atoms with Crippen LogP contribution < -0.4 is 27.4 Å². The van der Waals surface area contributed by atoms with Crippen molar-refractivity contribution < 1.29 is 24.3 Å². The lowest BCUT2D eigenvalue weighted by Crippen LogP contribution is -2.59. The summed E-state index contributed by atoms with van der Waals surface area (Å²) in [5.74, 6) is -3.08. The second-order valence-electron chi connectivity index (χ2n) is 9.52. The van der Waals surface area contributed by atoms with Gasteiger partial charge >= 0.3 is 5.97 Å². The molecule has 0 aliphatic rings. The monoisotopic (exact) mass is 471 g/mol. The number of carbonyl (C=O) groups excluding carboxylic acids is 3. The number of hydrogen-bond donors (Lipinski definition) is 6. The van der Waals surface area contributed by atoms with Crippen LogP contribution in [0.4, 0.5) is 0 Å². The van der Waals surface area contributed by atoms with Crippen molar-refractivity contribution in [3.63, 3.8) is 0 Å². The Balaban J connectivity index is 5.39. The van der Waals surface area contributed by atoms with Crippen molar-refractivity contribution >= 4 is 23.7 Å². The molecule has 192 valence electrons. The molecule has 0 aliphatic heterocycles. The fourth-order valence-electron chi connectivity index (χ4n) is 3.34. The molecule has 0 fully saturated rings. The number of nitrogens with two attached hydrogens (primary N) is 2. The van der Waals surface area contributed by atoms with Crippen molar-refractivity contribution in [3.8, 4) is 0 Å². The quantitative estimate of drug-likeness (QED) is 0.180. The summed E-state index contributed by atoms with van der Waals surface area (Å²) in [4.78, 5) is 50.0. The first kappa shape index (κ1) is 30.8. The first-order chi connectivity index (χ1) is 15.3. The smallest absolute Gasteiger partial charge is 0.326 e. The number of amides is 3. The van der Waals surface area contributed by atoms with Gasteiger partial charge < -0.3 is 32.5 Å². The number of unbranched alkanes of at least 4 members (excludes halogenated alkanes) is 1. The number of rotatable bonds is 16. The summed E-state index contributed by atoms with van der Waals surface area (Å²) in [5, 5.41) is 17.5. The molecule has 33 heavy (non-hydrogen) atoms. The molecule has 10 nitrogen and oxygen atoms in total. The van der Waals surface area contributed by atoms with Gasteiger partial charge in [0.25, 0.3) is 0 Å². The van der Waals surface area contributed by atoms with Crippen LogP contribution in [0.25, 0.3) is 0 Å². The van der Waals surface area contributed by atoms with Crippen LogP contribution in [-0.4, -0.2) is 59.5 Å². The molecule has 10 heteroatoms. The summed E-state index contributed by atoms with van der Waals surface area (Å²) < 4.78 is 0. The van der Waals surface area contributed by atoms with Gasteiger partial charge in [-0.25, -0.2) is 4.79 Å². The second kappa shape index (κ2) is 15.6. The molecule has 0 saturated heterocycles. The van der Waals surface area contributed by atoms with Crippen molar-refractivity contribution in [2.75, 3.05) is 6.54 Å². The summed E-state index contributed by atoms with van der Waals surface area (Å²) >= 11 is 0. The van der Waals surface area contributed by atoms with E-state index in [-0.39, 0.29) is 17.8 Å². The summed E-state index contributed by atoms with van der Waals surface area (Å²) in [6.07, 6.45) is 2.82. The molecular formula is C23H45N5O5. The molecular weight excluding hydrogens is 426 g/mol. The Morgan fingerprint density at radius 3 is 1.88 bits per heavy atom. The van der Waals surface area contributed by atoms with Crippen LogP contribution in [0.2, 0.25) is 0 Å². The lowest BCUT2D eigenvalue weighted by molar-refractivity contribution is -0.144. The largest absolute Gasteiger partial charge is 0.480 e. The molecule has 0 aromatic heterocycles. The van der Waals surface area contributed by atoms with Gasteiger partial charge in [0.2, 0.25) is 17.7 Å². The maximum absolute atomic E-state index is 13.0. The molecule has 3 amide bonds. The van der Waals surface area contributed by atoms with Gasteiger partial charge in [-0.05, 0) is 43.6 Å². The second-order valence-corrected chi connectivity index (χ2v) is 9.52. The van der Waals surface area contributed by atoms with E-state index in [1.807, 2.05) is 20.8 Å². The molecule has 5 atom stereocenters. The first-order valence-electron chi connectivity index (χ1n) is 11.9. The minimum atomic E-state index is -1.12. The zero-order valence-corrected chi connectivity index (χ0v) is 21.0. The van der Waals surface area contributed by atoms with Gasteiger partial charge in [0.05, 0.1) is 6.04 Å². The number of aliphatic carboxylic acids is 1. The number of carboxylic acid groups (broad SMARTS) is 1. The highest BCUT2D eigenvalue weighted by Gasteiger charge is 2.33. The van der Waals surface area contributed by atoms with E-state index < -0.39 is 47.9 Å². The Kier molecular flexibility index (Phi) is 14.6. The van der Waals surface area contributed by atoms with E-state index in [1.165, 1.54) is 0 Å². The highest BCUT2D eigenvalue weighted by Crippen LogP contribution is 2.12. The third-order valence-corrected chi connectivity index (χ3v) is 5.67. The molecule has 8 N–H and O–H groups in total. The van der Waals surface area contributed by atoms with Gasteiger partial charge in [0, 0.05) is 0 Å². The topological polar surface area (TPSA) is 177 Å². The Morgan fingerprint density at radius 2 is 1.42 bits per heavy atom. The van der Waals surface area contributed by atoms with Gasteiger partial charge in [0.15, 0.2) is 0 Å². The number of carboxylic acids is 1. The average molecular weight is 472 g/mol. The standard InChI is InChI=1S/C23H45N5O5/c1-7-15(6)19(23(32)33)28-21(30)17(12-13(2)3)26-22(31)18(14(4)5)27-20(29)16(25)10-8-9-11-24/h13-19H,7-12,24-25H2,1-6H3,(H,26,31)(H,27,29)(H,28,30)(H,32,33). The van der Waals surface area contributed by atoms with E-state index in [0.717, 1.165) is 6.42 Å². The molecule has 0 saturated carbocycles. The fourth-order valence-corrected chi connectivity index (χ4v) is 3.34. The lowest BCUT2D eigenvalue weighted by Gasteiger charge is -2.28. The zero-order chi connectivity index (χ0) is 25.7. The molecule has 0 aromatic carbocycles. The molecule has 0 aromatic rings. The molecule has 0 bridgehead atoms. The van der Waals surface area contributed by atoms with Crippen molar-refractivity contribution in [2.45, 2.75) is 97.8 Å². The third kappa shape index (κ3) is 11.5. The van der Waals surface area contributed by atoms with Gasteiger partial charge in [-0.1, -0.05) is 54.4 Å². The van der Waals surface area contributed by atoms with E-state index in [2.05, 4.69) is 16.0 Å². The summed E-state index contributed by atoms with van der Waals surface area (Å²) in [6.45, 7) is 11.5. The Hall–Kier alpha value is -2.20. The average Bonchev–Trinajstić information content (AvgIpc) is 2.73. The van der Waals surface area contributed by atoms with Crippen LogP contribution >= 0.6 is 0 Å². The summed E-state index contributed by atoms with van der Waals surface area (Å²) in [7, 11) is 0. The molecule has 0 radical (unpaired) electrons. The summed E-state index contributed by atoms with van der Waals surface area (Å²) in [6, 6.07) is -3.63. The highest BCUT2D eigenvalue weighted by atomic mass is 16.4. The van der Waals surface area contributed by atoms with Gasteiger partial charge in [-0.2, -0.15) is 0 Å². The third-order valence-electron chi connectivity index (χ3n) is 5.67. The van der Waals surface area contributed by atoms with Crippen LogP contribution in [0, 0.1) is 17.8 Å². The minimum Gasteiger partial charge on any atom is -0.480 e. The predicted octanol–water partition coefficient (Wildman–Crippen LogP) is 0.730. The fraction of sp³-hybridized carbons (Fsp3) is 0.826. The Morgan fingerprint density at radius 1 is 0.848 bits per heavy atom. The van der Waals surface area contributed by atoms with Crippen LogP contribution in [0.15, 0.2) is 0 Å². The maximum Gasteiger partial charge on any atom is 0.326 e. The Bertz CT molecular complexity index is 641. The van der Waals surface area contributed by atoms with Crippen LogP contribution in [0.5, 0.6) is 0 Å².